The molecule has 0 saturated carbocycles. The molecule has 290 valence electrons. The second-order valence-corrected chi connectivity index (χ2v) is 13.4. The van der Waals surface area contributed by atoms with E-state index in [2.05, 4.69) is 27.9 Å². The van der Waals surface area contributed by atoms with Crippen LogP contribution in [0.1, 0.15) is 63.8 Å². The second kappa shape index (κ2) is 17.3. The minimum absolute atomic E-state index is 0.0397. The number of benzene rings is 5. The van der Waals surface area contributed by atoms with Gasteiger partial charge in [-0.15, -0.1) is 12.3 Å². The molecule has 1 unspecified atom stereocenters. The summed E-state index contributed by atoms with van der Waals surface area (Å²) in [7, 11) is 0. The number of carboxylic acid groups (broad SMARTS) is 1. The van der Waals surface area contributed by atoms with Crippen molar-refractivity contribution in [2.45, 2.75) is 45.9 Å². The van der Waals surface area contributed by atoms with Crippen molar-refractivity contribution < 1.29 is 34.1 Å². The zero-order chi connectivity index (χ0) is 41.5. The highest BCUT2D eigenvalue weighted by Crippen LogP contribution is 2.43. The maximum absolute atomic E-state index is 13.3. The van der Waals surface area contributed by atoms with Crippen molar-refractivity contribution >= 4 is 46.1 Å². The summed E-state index contributed by atoms with van der Waals surface area (Å²) in [5.41, 5.74) is 4.98. The Morgan fingerprint density at radius 1 is 0.845 bits per heavy atom. The van der Waals surface area contributed by atoms with E-state index < -0.39 is 29.7 Å². The fraction of sp³-hybridized carbons (Fsp3) is 0.156. The Balaban J connectivity index is 1.11. The molecule has 5 aromatic carbocycles. The van der Waals surface area contributed by atoms with Gasteiger partial charge in [0.2, 0.25) is 5.91 Å². The van der Waals surface area contributed by atoms with E-state index in [4.69, 9.17) is 16.1 Å². The van der Waals surface area contributed by atoms with Crippen LogP contribution in [0.4, 0.5) is 11.4 Å². The molecule has 0 radical (unpaired) electrons. The van der Waals surface area contributed by atoms with E-state index in [0.717, 1.165) is 11.1 Å². The number of terminal acetylenes is 1. The molecule has 0 fully saturated rings. The molecule has 3 amide bonds. The van der Waals surface area contributed by atoms with Crippen molar-refractivity contribution in [3.05, 3.63) is 125 Å². The van der Waals surface area contributed by atoms with Gasteiger partial charge in [0.05, 0.1) is 40.0 Å². The number of aryl methyl sites for hydroxylation is 1. The number of nitriles is 1. The summed E-state index contributed by atoms with van der Waals surface area (Å²) in [6.45, 7) is 6.17. The number of fused-ring (bicyclic) bond motifs is 1. The van der Waals surface area contributed by atoms with Crippen LogP contribution in [0.15, 0.2) is 103 Å². The molecule has 0 aliphatic carbocycles. The highest BCUT2D eigenvalue weighted by Gasteiger charge is 2.23. The van der Waals surface area contributed by atoms with Crippen LogP contribution in [-0.4, -0.2) is 55.6 Å². The van der Waals surface area contributed by atoms with Crippen LogP contribution in [-0.2, 0) is 11.3 Å². The Labute approximate surface area is 333 Å². The van der Waals surface area contributed by atoms with Gasteiger partial charge in [-0.2, -0.15) is 5.26 Å². The first-order chi connectivity index (χ1) is 27.9. The third-order valence-electron chi connectivity index (χ3n) is 9.13. The molecule has 0 spiro atoms. The number of carbonyl (C=O) groups is 4. The van der Waals surface area contributed by atoms with E-state index in [1.165, 1.54) is 36.4 Å². The van der Waals surface area contributed by atoms with Gasteiger partial charge >= 0.3 is 5.97 Å². The lowest BCUT2D eigenvalue weighted by atomic mass is 10.0. The average Bonchev–Trinajstić information content (AvgIpc) is 3.60. The number of nitrogens with zero attached hydrogens (tertiary/aromatic N) is 3. The normalized spacial score (nSPS) is 11.3. The first kappa shape index (κ1) is 39.8. The number of hydrogen-bond acceptors (Lipinski definition) is 8. The van der Waals surface area contributed by atoms with Gasteiger partial charge in [-0.25, -0.2) is 9.78 Å². The first-order valence-corrected chi connectivity index (χ1v) is 18.2. The summed E-state index contributed by atoms with van der Waals surface area (Å²) in [5, 5.41) is 37.9. The van der Waals surface area contributed by atoms with Gasteiger partial charge < -0.3 is 35.5 Å². The molecule has 5 N–H and O–H groups in total. The van der Waals surface area contributed by atoms with Crippen molar-refractivity contribution in [3.63, 3.8) is 0 Å². The lowest BCUT2D eigenvalue weighted by Crippen LogP contribution is -2.43. The lowest BCUT2D eigenvalue weighted by molar-refractivity contribution is -0.117. The summed E-state index contributed by atoms with van der Waals surface area (Å²) in [6.07, 6.45) is 5.11. The van der Waals surface area contributed by atoms with Gasteiger partial charge in [-0.3, -0.25) is 14.4 Å². The summed E-state index contributed by atoms with van der Waals surface area (Å²) in [5.74, 6) is 0.269. The molecule has 1 aromatic heterocycles. The molecule has 13 nitrogen and oxygen atoms in total. The SMILES string of the molecule is C#CCC(NC(=O)c1ccc(-c2nc3cc(C#N)ccc3n2CC)cc1)C(=O)Nc1ccc(C(=O)Nc2ccc(-c3ccc(C(=O)O)cc3)c(O)c2OC(C)C)cc1. The number of ether oxygens (including phenoxy) is 1. The van der Waals surface area contributed by atoms with Crippen LogP contribution < -0.4 is 20.7 Å². The van der Waals surface area contributed by atoms with Crippen molar-refractivity contribution in [2.24, 2.45) is 0 Å². The van der Waals surface area contributed by atoms with Gasteiger partial charge in [0.1, 0.15) is 11.9 Å². The zero-order valence-corrected chi connectivity index (χ0v) is 31.7. The van der Waals surface area contributed by atoms with Crippen LogP contribution in [0, 0.1) is 23.7 Å². The van der Waals surface area contributed by atoms with E-state index >= 15 is 0 Å². The Hall–Kier alpha value is -7.90. The molecule has 1 heterocycles. The summed E-state index contributed by atoms with van der Waals surface area (Å²) < 4.78 is 7.91. The zero-order valence-electron chi connectivity index (χ0n) is 31.7. The third-order valence-corrected chi connectivity index (χ3v) is 9.13. The number of aromatic nitrogens is 2. The van der Waals surface area contributed by atoms with E-state index in [1.807, 2.05) is 17.6 Å². The predicted molar refractivity (Wildman–Crippen MR) is 220 cm³/mol. The Morgan fingerprint density at radius 3 is 2.10 bits per heavy atom. The van der Waals surface area contributed by atoms with Crippen LogP contribution >= 0.6 is 0 Å². The topological polar surface area (TPSA) is 196 Å². The fourth-order valence-electron chi connectivity index (χ4n) is 6.26. The predicted octanol–water partition coefficient (Wildman–Crippen LogP) is 7.47. The Morgan fingerprint density at radius 2 is 1.48 bits per heavy atom. The Kier molecular flexibility index (Phi) is 11.8. The number of phenolic OH excluding ortho intramolecular Hbond substituents is 1. The molecule has 6 rings (SSSR count). The number of nitrogens with one attached hydrogen (secondary N) is 3. The van der Waals surface area contributed by atoms with Crippen LogP contribution in [0.3, 0.4) is 0 Å². The molecular formula is C45H38N6O7. The van der Waals surface area contributed by atoms with Crippen LogP contribution in [0.5, 0.6) is 11.5 Å². The molecule has 0 saturated heterocycles. The smallest absolute Gasteiger partial charge is 0.335 e. The minimum Gasteiger partial charge on any atom is -0.504 e. The number of carboxylic acids is 1. The van der Waals surface area contributed by atoms with E-state index in [0.29, 0.717) is 45.8 Å². The van der Waals surface area contributed by atoms with Gasteiger partial charge in [0, 0.05) is 40.9 Å². The molecule has 0 aliphatic rings. The molecule has 0 bridgehead atoms. The maximum atomic E-state index is 13.3. The molecule has 0 aliphatic heterocycles. The number of phenols is 1. The quantitative estimate of drug-likeness (QED) is 0.0740. The summed E-state index contributed by atoms with van der Waals surface area (Å²) in [4.78, 5) is 55.9. The second-order valence-electron chi connectivity index (χ2n) is 13.4. The number of hydrogen-bond donors (Lipinski definition) is 5. The van der Waals surface area contributed by atoms with Gasteiger partial charge in [0.15, 0.2) is 11.5 Å². The number of carbonyl (C=O) groups excluding carboxylic acids is 3. The van der Waals surface area contributed by atoms with Gasteiger partial charge in [0.25, 0.3) is 11.8 Å². The monoisotopic (exact) mass is 774 g/mol. The maximum Gasteiger partial charge on any atom is 0.335 e. The van der Waals surface area contributed by atoms with Crippen molar-refractivity contribution in [1.82, 2.24) is 14.9 Å². The average molecular weight is 775 g/mol. The van der Waals surface area contributed by atoms with Gasteiger partial charge in [-0.05, 0) is 105 Å². The number of anilines is 2. The lowest BCUT2D eigenvalue weighted by Gasteiger charge is -2.19. The van der Waals surface area contributed by atoms with Crippen LogP contribution in [0.25, 0.3) is 33.5 Å². The fourth-order valence-corrected chi connectivity index (χ4v) is 6.26. The third kappa shape index (κ3) is 8.64. The van der Waals surface area contributed by atoms with Crippen molar-refractivity contribution in [2.75, 3.05) is 10.6 Å². The van der Waals surface area contributed by atoms with E-state index in [1.54, 1.807) is 74.5 Å². The van der Waals surface area contributed by atoms with Gasteiger partial charge in [-0.1, -0.05) is 24.3 Å². The number of imidazole rings is 1. The minimum atomic E-state index is -1.07. The van der Waals surface area contributed by atoms with E-state index in [-0.39, 0.29) is 40.8 Å². The molecule has 1 atom stereocenters. The highest BCUT2D eigenvalue weighted by molar-refractivity contribution is 6.06. The highest BCUT2D eigenvalue weighted by atomic mass is 16.5. The Bertz CT molecular complexity index is 2620. The summed E-state index contributed by atoms with van der Waals surface area (Å²) in [6, 6.07) is 28.4. The number of rotatable bonds is 13. The molecule has 13 heteroatoms. The standard InChI is InChI=1S/C45H38N6O7/c1-5-7-36(50-43(54)30-13-11-29(12-14-30)41-48-37-24-27(25-46)8-23-38(37)51(41)6-2)44(55)47-33-19-17-31(18-20-33)42(53)49-35-22-21-34(39(52)40(35)58-26(3)4)28-9-15-32(16-10-28)45(56)57/h1,8-24,26,36,52H,6-7H2,2-4H3,(H,47,55)(H,49,53)(H,50,54)(H,56,57). The molecular weight excluding hydrogens is 737 g/mol. The van der Waals surface area contributed by atoms with Crippen molar-refractivity contribution in [3.8, 4) is 52.4 Å². The van der Waals surface area contributed by atoms with Crippen LogP contribution in [0.2, 0.25) is 0 Å². The molecule has 58 heavy (non-hydrogen) atoms. The van der Waals surface area contributed by atoms with Crippen molar-refractivity contribution in [1.29, 1.82) is 5.26 Å². The number of aromatic carboxylic acids is 1. The largest absolute Gasteiger partial charge is 0.504 e. The molecule has 6 aromatic rings. The summed E-state index contributed by atoms with van der Waals surface area (Å²) >= 11 is 0. The first-order valence-electron chi connectivity index (χ1n) is 18.2. The number of aromatic hydroxyl groups is 1. The number of amides is 3. The van der Waals surface area contributed by atoms with E-state index in [9.17, 15) is 34.7 Å².